The van der Waals surface area contributed by atoms with Crippen LogP contribution in [0.4, 0.5) is 4.79 Å². The number of allylic oxidation sites excluding steroid dienone is 2. The summed E-state index contributed by atoms with van der Waals surface area (Å²) >= 11 is 0. The van der Waals surface area contributed by atoms with Gasteiger partial charge in [-0.05, 0) is 80.5 Å². The highest BCUT2D eigenvalue weighted by atomic mass is 32.2. The molecule has 5 atom stereocenters. The van der Waals surface area contributed by atoms with Gasteiger partial charge in [0.05, 0.1) is 22.5 Å². The normalized spacial score (nSPS) is 27.2. The number of carbonyl (C=O) groups excluding carboxylic acids is 4. The number of hydrogen-bond donors (Lipinski definition) is 2. The van der Waals surface area contributed by atoms with Gasteiger partial charge in [0.15, 0.2) is 11.5 Å². The Morgan fingerprint density at radius 3 is 2.33 bits per heavy atom. The standard InChI is InChI=1S/C34H46N4O9S/c1-34(32(41)36-48(43,44)25-10-11-25)17-23(34)9-7-5-3-4-6-8-12-37(2)31(40)27-16-24(15-26(27)30(35)39)47-33(42)38-18-21-13-28-29(46-20-45-28)14-22(21)19-38/h7,9,13-14,23-27H,3-6,8,10-12,15-20H2,1-2H3,(H2,35,39)(H,36,41)/b9-7-/t23-,24-,26-,27?,34+/m1/s1. The number of fused-ring (bicyclic) bond motifs is 2. The predicted molar refractivity (Wildman–Crippen MR) is 174 cm³/mol. The number of nitrogens with one attached hydrogen (secondary N) is 1. The minimum absolute atomic E-state index is 0.0541. The van der Waals surface area contributed by atoms with Crippen molar-refractivity contribution in [3.05, 3.63) is 35.4 Å². The SMILES string of the molecule is CN(CCCCCC/C=C\[C@@H]1C[C@]1(C)C(=O)NS(=O)(=O)C1CC1)C(=O)C1C[C@H](OC(=O)N2Cc3cc4c(cc3C2)OCO4)C[C@H]1C(N)=O. The van der Waals surface area contributed by atoms with Crippen LogP contribution < -0.4 is 19.9 Å². The minimum atomic E-state index is -3.53. The first-order chi connectivity index (χ1) is 22.9. The first kappa shape index (κ1) is 34.1. The van der Waals surface area contributed by atoms with Crippen LogP contribution in [0.15, 0.2) is 24.3 Å². The zero-order chi connectivity index (χ0) is 34.2. The Balaban J connectivity index is 0.876. The van der Waals surface area contributed by atoms with Crippen molar-refractivity contribution < 1.29 is 41.8 Å². The maximum absolute atomic E-state index is 13.4. The number of ether oxygens (including phenoxy) is 3. The molecule has 2 heterocycles. The minimum Gasteiger partial charge on any atom is -0.454 e. The largest absolute Gasteiger partial charge is 0.454 e. The Labute approximate surface area is 281 Å². The molecule has 13 nitrogen and oxygen atoms in total. The molecule has 48 heavy (non-hydrogen) atoms. The zero-order valence-corrected chi connectivity index (χ0v) is 28.5. The summed E-state index contributed by atoms with van der Waals surface area (Å²) in [6.07, 6.45) is 9.93. The van der Waals surface area contributed by atoms with Crippen LogP contribution in [0, 0.1) is 23.2 Å². The van der Waals surface area contributed by atoms with Crippen LogP contribution in [0.5, 0.6) is 11.5 Å². The van der Waals surface area contributed by atoms with Crippen molar-refractivity contribution in [3.8, 4) is 11.5 Å². The van der Waals surface area contributed by atoms with Crippen LogP contribution in [0.25, 0.3) is 0 Å². The third-order valence-electron chi connectivity index (χ3n) is 10.5. The lowest BCUT2D eigenvalue weighted by atomic mass is 9.94. The van der Waals surface area contributed by atoms with Gasteiger partial charge in [-0.3, -0.25) is 24.0 Å². The van der Waals surface area contributed by atoms with E-state index in [1.807, 2.05) is 25.1 Å². The van der Waals surface area contributed by atoms with Crippen molar-refractivity contribution in [1.29, 1.82) is 0 Å². The second-order valence-corrected chi connectivity index (χ2v) is 16.2. The van der Waals surface area contributed by atoms with Gasteiger partial charge in [0, 0.05) is 26.7 Å². The molecule has 1 aromatic rings. The molecule has 6 rings (SSSR count). The number of amides is 4. The first-order valence-electron chi connectivity index (χ1n) is 17.0. The second-order valence-electron chi connectivity index (χ2n) is 14.2. The highest BCUT2D eigenvalue weighted by Crippen LogP contribution is 2.53. The van der Waals surface area contributed by atoms with E-state index in [-0.39, 0.29) is 31.5 Å². The molecule has 0 bridgehead atoms. The molecule has 0 spiro atoms. The van der Waals surface area contributed by atoms with Crippen molar-refractivity contribution in [2.75, 3.05) is 20.4 Å². The molecule has 3 aliphatic carbocycles. The molecule has 3 saturated carbocycles. The third-order valence-corrected chi connectivity index (χ3v) is 12.3. The molecular formula is C34H46N4O9S. The molecule has 2 aliphatic heterocycles. The molecule has 3 fully saturated rings. The monoisotopic (exact) mass is 686 g/mol. The molecule has 0 radical (unpaired) electrons. The maximum Gasteiger partial charge on any atom is 0.410 e. The molecule has 1 aromatic carbocycles. The molecule has 0 saturated heterocycles. The van der Waals surface area contributed by atoms with Gasteiger partial charge in [-0.15, -0.1) is 0 Å². The zero-order valence-electron chi connectivity index (χ0n) is 27.6. The number of nitrogens with two attached hydrogens (primary N) is 1. The Morgan fingerprint density at radius 2 is 1.69 bits per heavy atom. The van der Waals surface area contributed by atoms with E-state index in [9.17, 15) is 27.6 Å². The summed E-state index contributed by atoms with van der Waals surface area (Å²) in [6.45, 7) is 3.30. The number of sulfonamides is 1. The highest BCUT2D eigenvalue weighted by Gasteiger charge is 2.56. The van der Waals surface area contributed by atoms with E-state index in [0.717, 1.165) is 43.2 Å². The van der Waals surface area contributed by atoms with Crippen molar-refractivity contribution in [3.63, 3.8) is 0 Å². The molecular weight excluding hydrogens is 640 g/mol. The van der Waals surface area contributed by atoms with Crippen LogP contribution in [-0.2, 0) is 42.2 Å². The van der Waals surface area contributed by atoms with Crippen LogP contribution in [-0.4, -0.2) is 73.8 Å². The van der Waals surface area contributed by atoms with E-state index >= 15 is 0 Å². The first-order valence-corrected chi connectivity index (χ1v) is 18.5. The molecule has 14 heteroatoms. The van der Waals surface area contributed by atoms with Crippen LogP contribution >= 0.6 is 0 Å². The van der Waals surface area contributed by atoms with E-state index in [1.165, 1.54) is 0 Å². The van der Waals surface area contributed by atoms with Gasteiger partial charge < -0.3 is 24.8 Å². The molecule has 262 valence electrons. The highest BCUT2D eigenvalue weighted by molar-refractivity contribution is 7.90. The molecule has 1 unspecified atom stereocenters. The van der Waals surface area contributed by atoms with E-state index in [0.29, 0.717) is 50.4 Å². The van der Waals surface area contributed by atoms with Crippen molar-refractivity contribution in [2.45, 2.75) is 95.6 Å². The van der Waals surface area contributed by atoms with E-state index in [4.69, 9.17) is 19.9 Å². The Hall–Kier alpha value is -3.81. The summed E-state index contributed by atoms with van der Waals surface area (Å²) in [6, 6.07) is 3.76. The number of unbranched alkanes of at least 4 members (excludes halogenated alkanes) is 4. The maximum atomic E-state index is 13.4. The smallest absolute Gasteiger partial charge is 0.410 e. The number of nitrogens with zero attached hydrogens (tertiary/aromatic N) is 2. The van der Waals surface area contributed by atoms with Gasteiger partial charge in [0.25, 0.3) is 0 Å². The average Bonchev–Trinajstić information content (AvgIpc) is 3.83. The van der Waals surface area contributed by atoms with Gasteiger partial charge >= 0.3 is 6.09 Å². The number of benzene rings is 1. The van der Waals surface area contributed by atoms with E-state index < -0.39 is 56.5 Å². The third kappa shape index (κ3) is 7.42. The molecule has 4 amide bonds. The Kier molecular flexibility index (Phi) is 9.65. The van der Waals surface area contributed by atoms with Gasteiger partial charge in [0.2, 0.25) is 34.5 Å². The summed E-state index contributed by atoms with van der Waals surface area (Å²) in [7, 11) is -1.80. The summed E-state index contributed by atoms with van der Waals surface area (Å²) in [5.74, 6) is -1.08. The quantitative estimate of drug-likeness (QED) is 0.220. The van der Waals surface area contributed by atoms with E-state index in [2.05, 4.69) is 10.8 Å². The van der Waals surface area contributed by atoms with Crippen LogP contribution in [0.3, 0.4) is 0 Å². The lowest BCUT2D eigenvalue weighted by Gasteiger charge is -2.23. The predicted octanol–water partition coefficient (Wildman–Crippen LogP) is 3.35. The fraction of sp³-hybridized carbons (Fsp3) is 0.647. The topological polar surface area (TPSA) is 175 Å². The fourth-order valence-electron chi connectivity index (χ4n) is 7.07. The second kappa shape index (κ2) is 13.6. The average molecular weight is 687 g/mol. The van der Waals surface area contributed by atoms with Gasteiger partial charge in [-0.2, -0.15) is 0 Å². The summed E-state index contributed by atoms with van der Waals surface area (Å²) in [5.41, 5.74) is 6.96. The summed E-state index contributed by atoms with van der Waals surface area (Å²) in [4.78, 5) is 54.4. The van der Waals surface area contributed by atoms with Gasteiger partial charge in [0.1, 0.15) is 6.10 Å². The number of rotatable bonds is 14. The molecule has 3 N–H and O–H groups in total. The summed E-state index contributed by atoms with van der Waals surface area (Å²) < 4.78 is 43.1. The van der Waals surface area contributed by atoms with Gasteiger partial charge in [-0.25, -0.2) is 13.2 Å². The number of carbonyl (C=O) groups is 4. The fourth-order valence-corrected chi connectivity index (χ4v) is 8.49. The van der Waals surface area contributed by atoms with Crippen LogP contribution in [0.1, 0.15) is 82.3 Å². The van der Waals surface area contributed by atoms with Crippen molar-refractivity contribution >= 4 is 33.8 Å². The lowest BCUT2D eigenvalue weighted by Crippen LogP contribution is -2.39. The van der Waals surface area contributed by atoms with E-state index in [1.54, 1.807) is 16.8 Å². The lowest BCUT2D eigenvalue weighted by molar-refractivity contribution is -0.139. The van der Waals surface area contributed by atoms with Crippen molar-refractivity contribution in [1.82, 2.24) is 14.5 Å². The van der Waals surface area contributed by atoms with Crippen LogP contribution in [0.2, 0.25) is 0 Å². The Bertz CT molecular complexity index is 1560. The molecule has 0 aromatic heterocycles. The Morgan fingerprint density at radius 1 is 1.04 bits per heavy atom. The van der Waals surface area contributed by atoms with Gasteiger partial charge in [-0.1, -0.05) is 31.9 Å². The number of hydrogen-bond acceptors (Lipinski definition) is 9. The summed E-state index contributed by atoms with van der Waals surface area (Å²) in [5, 5.41) is -0.414. The van der Waals surface area contributed by atoms with Crippen molar-refractivity contribution in [2.24, 2.45) is 28.9 Å². The molecule has 5 aliphatic rings. The number of primary amides is 1.